The number of hydrogen-bond donors (Lipinski definition) is 1. The van der Waals surface area contributed by atoms with Crippen LogP contribution in [0.2, 0.25) is 15.1 Å². The van der Waals surface area contributed by atoms with Crippen molar-refractivity contribution in [1.29, 1.82) is 0 Å². The smallest absolute Gasteiger partial charge is 0.374 e. The van der Waals surface area contributed by atoms with Gasteiger partial charge in [-0.3, -0.25) is 15.0 Å². The highest BCUT2D eigenvalue weighted by molar-refractivity contribution is 6.35. The Hall–Kier alpha value is -2.49. The highest BCUT2D eigenvalue weighted by Crippen LogP contribution is 2.50. The van der Waals surface area contributed by atoms with Gasteiger partial charge in [0.2, 0.25) is 11.8 Å². The van der Waals surface area contributed by atoms with Gasteiger partial charge in [-0.2, -0.15) is 13.2 Å². The lowest BCUT2D eigenvalue weighted by Gasteiger charge is -2.29. The molecule has 33 heavy (non-hydrogen) atoms. The standard InChI is InChI=1S/C21H17Cl3F3N3O3/c1-3-19(32)28-30(11(2)31)18-6-12(4-5-16(18)24)17-10-20(33-29-17,21(25,26)27)13-7-14(22)9-15(23)8-13/h4-9H,3,10H2,1-2H3,(H,28,32). The van der Waals surface area contributed by atoms with Gasteiger partial charge in [-0.15, -0.1) is 0 Å². The molecule has 6 nitrogen and oxygen atoms in total. The fraction of sp³-hybridized carbons (Fsp3) is 0.286. The van der Waals surface area contributed by atoms with Gasteiger partial charge < -0.3 is 4.84 Å². The zero-order valence-corrected chi connectivity index (χ0v) is 19.5. The number of amides is 2. The maximum Gasteiger partial charge on any atom is 0.435 e. The lowest BCUT2D eigenvalue weighted by molar-refractivity contribution is -0.275. The summed E-state index contributed by atoms with van der Waals surface area (Å²) in [6.07, 6.45) is -5.45. The molecule has 2 aromatic carbocycles. The van der Waals surface area contributed by atoms with Crippen molar-refractivity contribution < 1.29 is 27.6 Å². The third-order valence-corrected chi connectivity index (χ3v) is 5.66. The van der Waals surface area contributed by atoms with Crippen molar-refractivity contribution in [1.82, 2.24) is 5.43 Å². The zero-order valence-electron chi connectivity index (χ0n) is 17.3. The lowest BCUT2D eigenvalue weighted by Crippen LogP contribution is -2.45. The van der Waals surface area contributed by atoms with Gasteiger partial charge >= 0.3 is 6.18 Å². The predicted octanol–water partition coefficient (Wildman–Crippen LogP) is 6.02. The Morgan fingerprint density at radius 3 is 2.33 bits per heavy atom. The molecular weight excluding hydrogens is 506 g/mol. The highest BCUT2D eigenvalue weighted by Gasteiger charge is 2.62. The molecule has 0 saturated heterocycles. The number of rotatable bonds is 4. The van der Waals surface area contributed by atoms with Crippen molar-refractivity contribution in [3.8, 4) is 0 Å². The summed E-state index contributed by atoms with van der Waals surface area (Å²) in [7, 11) is 0. The van der Waals surface area contributed by atoms with Gasteiger partial charge in [-0.25, -0.2) is 5.01 Å². The molecule has 0 aromatic heterocycles. The minimum absolute atomic E-state index is 0.00993. The van der Waals surface area contributed by atoms with Gasteiger partial charge in [0, 0.05) is 40.9 Å². The Labute approximate surface area is 202 Å². The van der Waals surface area contributed by atoms with Gasteiger partial charge in [0.1, 0.15) is 0 Å². The minimum atomic E-state index is -4.86. The van der Waals surface area contributed by atoms with Crippen molar-refractivity contribution in [3.63, 3.8) is 0 Å². The molecule has 0 spiro atoms. The monoisotopic (exact) mass is 521 g/mol. The minimum Gasteiger partial charge on any atom is -0.374 e. The summed E-state index contributed by atoms with van der Waals surface area (Å²) < 4.78 is 42.6. The van der Waals surface area contributed by atoms with Crippen LogP contribution in [-0.2, 0) is 20.0 Å². The van der Waals surface area contributed by atoms with E-state index in [4.69, 9.17) is 39.6 Å². The molecule has 12 heteroatoms. The molecule has 2 aromatic rings. The van der Waals surface area contributed by atoms with Crippen LogP contribution in [0.3, 0.4) is 0 Å². The van der Waals surface area contributed by atoms with Crippen LogP contribution in [-0.4, -0.2) is 23.7 Å². The number of carbonyl (C=O) groups is 2. The molecule has 1 heterocycles. The summed E-state index contributed by atoms with van der Waals surface area (Å²) >= 11 is 18.0. The van der Waals surface area contributed by atoms with Gasteiger partial charge in [0.25, 0.3) is 5.60 Å². The van der Waals surface area contributed by atoms with E-state index in [-0.39, 0.29) is 44.0 Å². The average Bonchev–Trinajstić information content (AvgIpc) is 3.18. The normalized spacial score (nSPS) is 17.9. The summed E-state index contributed by atoms with van der Waals surface area (Å²) in [5.41, 5.74) is -0.482. The number of benzene rings is 2. The summed E-state index contributed by atoms with van der Waals surface area (Å²) in [4.78, 5) is 28.9. The van der Waals surface area contributed by atoms with Gasteiger partial charge in [-0.05, 0) is 30.3 Å². The number of carbonyl (C=O) groups excluding carboxylic acids is 2. The molecule has 0 saturated carbocycles. The van der Waals surface area contributed by atoms with Crippen LogP contribution in [0.4, 0.5) is 18.9 Å². The van der Waals surface area contributed by atoms with Gasteiger partial charge in [0.15, 0.2) is 0 Å². The molecule has 1 aliphatic rings. The number of nitrogens with zero attached hydrogens (tertiary/aromatic N) is 2. The van der Waals surface area contributed by atoms with E-state index >= 15 is 0 Å². The Bertz CT molecular complexity index is 1120. The summed E-state index contributed by atoms with van der Waals surface area (Å²) in [5.74, 6) is -1.01. The Morgan fingerprint density at radius 2 is 1.79 bits per heavy atom. The lowest BCUT2D eigenvalue weighted by atomic mass is 9.86. The van der Waals surface area contributed by atoms with Crippen molar-refractivity contribution in [2.75, 3.05) is 5.01 Å². The second-order valence-electron chi connectivity index (χ2n) is 7.20. The SMILES string of the molecule is CCC(=O)NN(C(C)=O)c1cc(C2=NOC(c3cc(Cl)cc(Cl)c3)(C(F)(F)F)C2)ccc1Cl. The molecule has 1 N–H and O–H groups in total. The summed E-state index contributed by atoms with van der Waals surface area (Å²) in [6, 6.07) is 7.70. The average molecular weight is 523 g/mol. The van der Waals surface area contributed by atoms with Crippen LogP contribution in [0.25, 0.3) is 0 Å². The Balaban J connectivity index is 2.02. The number of alkyl halides is 3. The molecule has 0 fully saturated rings. The molecule has 0 aliphatic carbocycles. The second-order valence-corrected chi connectivity index (χ2v) is 8.48. The van der Waals surface area contributed by atoms with Crippen LogP contribution < -0.4 is 10.4 Å². The van der Waals surface area contributed by atoms with Crippen LogP contribution >= 0.6 is 34.8 Å². The first-order valence-corrected chi connectivity index (χ1v) is 10.7. The maximum absolute atomic E-state index is 14.2. The van der Waals surface area contributed by atoms with E-state index < -0.39 is 30.0 Å². The first-order chi connectivity index (χ1) is 15.4. The van der Waals surface area contributed by atoms with E-state index in [0.717, 1.165) is 17.1 Å². The molecule has 3 rings (SSSR count). The number of oxime groups is 1. The fourth-order valence-electron chi connectivity index (χ4n) is 3.22. The maximum atomic E-state index is 14.2. The van der Waals surface area contributed by atoms with E-state index in [9.17, 15) is 22.8 Å². The van der Waals surface area contributed by atoms with Gasteiger partial charge in [0.05, 0.1) is 16.4 Å². The molecule has 176 valence electrons. The third kappa shape index (κ3) is 5.05. The number of anilines is 1. The van der Waals surface area contributed by atoms with Crippen LogP contribution in [0, 0.1) is 0 Å². The van der Waals surface area contributed by atoms with E-state index in [0.29, 0.717) is 0 Å². The van der Waals surface area contributed by atoms with Crippen LogP contribution in [0.15, 0.2) is 41.6 Å². The van der Waals surface area contributed by atoms with E-state index in [2.05, 4.69) is 10.6 Å². The fourth-order valence-corrected chi connectivity index (χ4v) is 3.95. The molecule has 0 bridgehead atoms. The highest BCUT2D eigenvalue weighted by atomic mass is 35.5. The Morgan fingerprint density at radius 1 is 1.15 bits per heavy atom. The number of hydrazine groups is 1. The van der Waals surface area contributed by atoms with Crippen molar-refractivity contribution in [3.05, 3.63) is 62.6 Å². The second kappa shape index (κ2) is 9.40. The van der Waals surface area contributed by atoms with E-state index in [1.54, 1.807) is 6.92 Å². The van der Waals surface area contributed by atoms with Crippen molar-refractivity contribution in [2.24, 2.45) is 5.16 Å². The number of halogens is 6. The largest absolute Gasteiger partial charge is 0.435 e. The predicted molar refractivity (Wildman–Crippen MR) is 119 cm³/mol. The molecule has 1 atom stereocenters. The number of hydrogen-bond acceptors (Lipinski definition) is 4. The molecule has 0 radical (unpaired) electrons. The molecule has 1 unspecified atom stereocenters. The number of nitrogens with one attached hydrogen (secondary N) is 1. The van der Waals surface area contributed by atoms with Crippen LogP contribution in [0.1, 0.15) is 37.8 Å². The quantitative estimate of drug-likeness (QED) is 0.499. The zero-order chi connectivity index (χ0) is 24.6. The Kier molecular flexibility index (Phi) is 7.16. The first kappa shape index (κ1) is 25.1. The van der Waals surface area contributed by atoms with Gasteiger partial charge in [-0.1, -0.05) is 52.9 Å². The first-order valence-electron chi connectivity index (χ1n) is 9.56. The van der Waals surface area contributed by atoms with E-state index in [1.165, 1.54) is 31.2 Å². The topological polar surface area (TPSA) is 71.0 Å². The van der Waals surface area contributed by atoms with Crippen molar-refractivity contribution >= 4 is 58.0 Å². The van der Waals surface area contributed by atoms with Crippen molar-refractivity contribution in [2.45, 2.75) is 38.5 Å². The molecule has 2 amide bonds. The molecular formula is C21H17Cl3F3N3O3. The van der Waals surface area contributed by atoms with E-state index in [1.807, 2.05) is 0 Å². The third-order valence-electron chi connectivity index (χ3n) is 4.91. The molecule has 1 aliphatic heterocycles. The summed E-state index contributed by atoms with van der Waals surface area (Å²) in [5, 5.41) is 4.72. The van der Waals surface area contributed by atoms with Crippen LogP contribution in [0.5, 0.6) is 0 Å². The summed E-state index contributed by atoms with van der Waals surface area (Å²) in [6.45, 7) is 2.79.